The number of hydrogen-bond donors (Lipinski definition) is 4. The number of hydrogen-bond acceptors (Lipinski definition) is 11. The Bertz CT molecular complexity index is 2230. The van der Waals surface area contributed by atoms with E-state index in [1.54, 1.807) is 6.92 Å². The molecule has 0 fully saturated rings. The number of amides is 1. The lowest BCUT2D eigenvalue weighted by molar-refractivity contribution is -0.114. The second kappa shape index (κ2) is 13.6. The number of hydrazone groups is 1. The summed E-state index contributed by atoms with van der Waals surface area (Å²) < 4.78 is 69.7. The van der Waals surface area contributed by atoms with Crippen LogP contribution in [0.5, 0.6) is 0 Å². The number of Topliss-reactive ketones (excluding diaryl/α,β-unsaturated/α-hetero) is 1. The van der Waals surface area contributed by atoms with Gasteiger partial charge in [-0.1, -0.05) is 18.2 Å². The Morgan fingerprint density at radius 3 is 2.02 bits per heavy atom. The zero-order chi connectivity index (χ0) is 34.5. The van der Waals surface area contributed by atoms with Crippen LogP contribution in [0.25, 0.3) is 11.8 Å². The first-order valence-corrected chi connectivity index (χ1v) is 15.9. The Morgan fingerprint density at radius 2 is 1.49 bits per heavy atom. The van der Waals surface area contributed by atoms with E-state index in [4.69, 9.17) is 9.84 Å². The van der Waals surface area contributed by atoms with Gasteiger partial charge in [-0.25, -0.2) is 9.48 Å². The molecule has 2 heterocycles. The van der Waals surface area contributed by atoms with Gasteiger partial charge in [0.05, 0.1) is 38.9 Å². The van der Waals surface area contributed by atoms with Gasteiger partial charge < -0.3 is 9.84 Å². The van der Waals surface area contributed by atoms with E-state index in [1.807, 2.05) is 5.92 Å². The molecule has 1 amide bonds. The largest absolute Gasteiger partial charge is 0.462 e. The maximum Gasteiger partial charge on any atom is 0.357 e. The quantitative estimate of drug-likeness (QED) is 0.0784. The topological polar surface area (TPSA) is 243 Å². The van der Waals surface area contributed by atoms with Crippen molar-refractivity contribution >= 4 is 55.4 Å². The molecule has 0 atom stereocenters. The number of ether oxygens (including phenoxy) is 1. The predicted molar refractivity (Wildman–Crippen MR) is 164 cm³/mol. The van der Waals surface area contributed by atoms with Crippen LogP contribution in [0.15, 0.2) is 98.1 Å². The first-order valence-electron chi connectivity index (χ1n) is 13.0. The number of rotatable bonds is 10. The fourth-order valence-corrected chi connectivity index (χ4v) is 5.02. The number of esters is 1. The molecule has 0 spiro atoms. The standard InChI is InChI=1S/C29H22N4O12S2/c1-2-45-29(38)26-23(28(37)33(31-26)19-10-14-21(15-11-19)47(42,43)44)7-5-3-4-6-22-25(24(35)16-17-34)30-32(27(22)36)18-8-12-20(13-9-18)46(39,40)41/h3-15,31,34H,2H2,1H3,(H,39,40,41)(H,42,43,44). The fraction of sp³-hybridized carbons (Fsp3) is 0.0690. The number of nitrogens with zero attached hydrogens (tertiary/aromatic N) is 3. The molecule has 0 saturated heterocycles. The summed E-state index contributed by atoms with van der Waals surface area (Å²) in [7, 11) is -9.00. The number of carbonyl (C=O) groups is 3. The molecule has 1 aliphatic heterocycles. The van der Waals surface area contributed by atoms with E-state index >= 15 is 0 Å². The van der Waals surface area contributed by atoms with Gasteiger partial charge in [0.1, 0.15) is 6.11 Å². The van der Waals surface area contributed by atoms with Crippen LogP contribution in [-0.4, -0.2) is 70.8 Å². The van der Waals surface area contributed by atoms with Crippen molar-refractivity contribution in [1.29, 1.82) is 0 Å². The Balaban J connectivity index is 1.66. The van der Waals surface area contributed by atoms with Crippen LogP contribution in [0.4, 0.5) is 5.69 Å². The summed E-state index contributed by atoms with van der Waals surface area (Å²) in [6, 6.07) is 8.93. The van der Waals surface area contributed by atoms with Gasteiger partial charge in [0.25, 0.3) is 37.5 Å². The molecule has 47 heavy (non-hydrogen) atoms. The minimum Gasteiger partial charge on any atom is -0.462 e. The predicted octanol–water partition coefficient (Wildman–Crippen LogP) is 1.64. The molecule has 242 valence electrons. The number of aromatic nitrogens is 2. The van der Waals surface area contributed by atoms with Crippen LogP contribution in [0.3, 0.4) is 0 Å². The Hall–Kier alpha value is -5.87. The van der Waals surface area contributed by atoms with Crippen molar-refractivity contribution in [2.75, 3.05) is 11.6 Å². The molecule has 18 heteroatoms. The molecule has 0 unspecified atom stereocenters. The van der Waals surface area contributed by atoms with Crippen molar-refractivity contribution in [2.45, 2.75) is 16.7 Å². The zero-order valence-corrected chi connectivity index (χ0v) is 25.5. The van der Waals surface area contributed by atoms with Crippen molar-refractivity contribution < 1.29 is 50.2 Å². The summed E-state index contributed by atoms with van der Waals surface area (Å²) in [5, 5.41) is 16.2. The van der Waals surface area contributed by atoms with Crippen LogP contribution in [0, 0.1) is 12.0 Å². The monoisotopic (exact) mass is 682 g/mol. The highest BCUT2D eigenvalue weighted by Crippen LogP contribution is 2.25. The van der Waals surface area contributed by atoms with Gasteiger partial charge in [0.15, 0.2) is 11.4 Å². The molecule has 3 aromatic rings. The van der Waals surface area contributed by atoms with Crippen LogP contribution in [-0.2, 0) is 34.6 Å². The minimum atomic E-state index is -4.51. The third kappa shape index (κ3) is 7.51. The number of aliphatic hydroxyl groups excluding tert-OH is 1. The maximum atomic E-state index is 13.2. The average Bonchev–Trinajstić information content (AvgIpc) is 3.52. The third-order valence-electron chi connectivity index (χ3n) is 6.19. The van der Waals surface area contributed by atoms with Gasteiger partial charge in [-0.05, 0) is 67.6 Å². The van der Waals surface area contributed by atoms with Gasteiger partial charge >= 0.3 is 5.97 Å². The first kappa shape index (κ1) is 34.0. The number of anilines is 1. The van der Waals surface area contributed by atoms with Crippen LogP contribution >= 0.6 is 0 Å². The molecule has 4 rings (SSSR count). The molecule has 2 aromatic carbocycles. The smallest absolute Gasteiger partial charge is 0.357 e. The molecule has 0 bridgehead atoms. The summed E-state index contributed by atoms with van der Waals surface area (Å²) >= 11 is 0. The highest BCUT2D eigenvalue weighted by atomic mass is 32.2. The average molecular weight is 683 g/mol. The van der Waals surface area contributed by atoms with Gasteiger partial charge in [-0.2, -0.15) is 26.9 Å². The summed E-state index contributed by atoms with van der Waals surface area (Å²) in [4.78, 5) is 50.5. The van der Waals surface area contributed by atoms with Gasteiger partial charge in [-0.3, -0.25) is 28.6 Å². The highest BCUT2D eigenvalue weighted by Gasteiger charge is 2.34. The number of carbonyl (C=O) groups excluding carboxylic acids is 3. The lowest BCUT2D eigenvalue weighted by Crippen LogP contribution is -2.22. The summed E-state index contributed by atoms with van der Waals surface area (Å²) in [6.07, 6.45) is 7.84. The normalized spacial score (nSPS) is 14.4. The van der Waals surface area contributed by atoms with Crippen molar-refractivity contribution in [3.05, 3.63) is 100 Å². The molecule has 0 radical (unpaired) electrons. The summed E-state index contributed by atoms with van der Waals surface area (Å²) in [5.74, 6) is -0.835. The lowest BCUT2D eigenvalue weighted by Gasteiger charge is -2.11. The van der Waals surface area contributed by atoms with E-state index in [9.17, 15) is 45.1 Å². The first-order chi connectivity index (χ1) is 22.2. The van der Waals surface area contributed by atoms with Crippen molar-refractivity contribution in [3.8, 4) is 17.7 Å². The number of benzene rings is 2. The Kier molecular flexibility index (Phi) is 9.87. The van der Waals surface area contributed by atoms with E-state index < -0.39 is 59.0 Å². The molecular formula is C29H22N4O12S2. The number of aromatic amines is 1. The molecule has 4 N–H and O–H groups in total. The van der Waals surface area contributed by atoms with Crippen molar-refractivity contribution in [2.24, 2.45) is 5.10 Å². The Labute approximate surface area is 266 Å². The molecule has 0 aliphatic carbocycles. The van der Waals surface area contributed by atoms with Gasteiger partial charge in [0, 0.05) is 5.92 Å². The van der Waals surface area contributed by atoms with Crippen molar-refractivity contribution in [3.63, 3.8) is 0 Å². The van der Waals surface area contributed by atoms with E-state index in [1.165, 1.54) is 60.8 Å². The number of nitrogens with one attached hydrogen (secondary N) is 1. The summed E-state index contributed by atoms with van der Waals surface area (Å²) in [6.45, 7) is 1.55. The zero-order valence-electron chi connectivity index (χ0n) is 23.9. The number of ketones is 1. The van der Waals surface area contributed by atoms with Gasteiger partial charge in [-0.15, -0.1) is 0 Å². The minimum absolute atomic E-state index is 0.00921. The number of H-pyrrole nitrogens is 1. The van der Waals surface area contributed by atoms with Crippen LogP contribution in [0.1, 0.15) is 23.0 Å². The van der Waals surface area contributed by atoms with Gasteiger partial charge in [0.2, 0.25) is 0 Å². The van der Waals surface area contributed by atoms with Crippen molar-refractivity contribution in [1.82, 2.24) is 9.78 Å². The fourth-order valence-electron chi connectivity index (χ4n) is 4.06. The van der Waals surface area contributed by atoms with Crippen LogP contribution < -0.4 is 10.6 Å². The lowest BCUT2D eigenvalue weighted by atomic mass is 10.1. The molecule has 1 aromatic heterocycles. The van der Waals surface area contributed by atoms with Crippen LogP contribution in [0.2, 0.25) is 0 Å². The summed E-state index contributed by atoms with van der Waals surface area (Å²) in [5.41, 5.74) is -1.63. The molecule has 16 nitrogen and oxygen atoms in total. The SMILES string of the molecule is CCOC(=O)c1[nH]n(-c2ccc(S(=O)(=O)O)cc2)c(=O)c1C=CC=CC=C1C(=O)N(c2ccc(S(=O)(=O)O)cc2)N=C1C(=O)C#CO. The van der Waals surface area contributed by atoms with E-state index in [0.717, 1.165) is 34.0 Å². The molecule has 1 aliphatic rings. The maximum absolute atomic E-state index is 13.2. The third-order valence-corrected chi connectivity index (χ3v) is 7.92. The number of allylic oxidation sites excluding steroid dienone is 4. The number of aliphatic hydroxyl groups is 1. The second-order valence-corrected chi connectivity index (χ2v) is 12.0. The molecule has 0 saturated carbocycles. The highest BCUT2D eigenvalue weighted by molar-refractivity contribution is 7.86. The Morgan fingerprint density at radius 1 is 0.915 bits per heavy atom. The van der Waals surface area contributed by atoms with E-state index in [2.05, 4.69) is 10.2 Å². The van der Waals surface area contributed by atoms with E-state index in [0.29, 0.717) is 0 Å². The van der Waals surface area contributed by atoms with E-state index in [-0.39, 0.29) is 34.8 Å². The second-order valence-electron chi connectivity index (χ2n) is 9.16. The molecular weight excluding hydrogens is 660 g/mol.